The molecule has 1 fully saturated rings. The molecule has 170 valence electrons. The van der Waals surface area contributed by atoms with E-state index in [1.165, 1.54) is 12.1 Å². The minimum absolute atomic E-state index is 0.165. The summed E-state index contributed by atoms with van der Waals surface area (Å²) < 4.78 is 20.6. The van der Waals surface area contributed by atoms with Gasteiger partial charge in [0.15, 0.2) is 5.82 Å². The van der Waals surface area contributed by atoms with Gasteiger partial charge in [0.05, 0.1) is 25.3 Å². The zero-order chi connectivity index (χ0) is 22.9. The molecule has 0 amide bonds. The Kier molecular flexibility index (Phi) is 5.74. The second-order valence-corrected chi connectivity index (χ2v) is 8.47. The summed E-state index contributed by atoms with van der Waals surface area (Å²) in [4.78, 5) is 18.6. The number of pyridine rings is 1. The first-order valence-electron chi connectivity index (χ1n) is 11.0. The number of ether oxygens (including phenoxy) is 1. The number of hydrogen-bond acceptors (Lipinski definition) is 6. The third-order valence-electron chi connectivity index (χ3n) is 6.08. The predicted molar refractivity (Wildman–Crippen MR) is 122 cm³/mol. The third-order valence-corrected chi connectivity index (χ3v) is 6.08. The molecular formula is C24H25FN6O2. The highest BCUT2D eigenvalue weighted by molar-refractivity contribution is 5.83. The number of H-pyrrole nitrogens is 1. The highest BCUT2D eigenvalue weighted by atomic mass is 19.1. The largest absolute Gasteiger partial charge is 0.379 e. The smallest absolute Gasteiger partial charge is 0.253 e. The van der Waals surface area contributed by atoms with Crippen molar-refractivity contribution >= 4 is 10.9 Å². The number of hydrogen-bond donors (Lipinski definition) is 1. The van der Waals surface area contributed by atoms with Crippen molar-refractivity contribution in [3.63, 3.8) is 0 Å². The zero-order valence-corrected chi connectivity index (χ0v) is 18.6. The molecule has 0 unspecified atom stereocenters. The van der Waals surface area contributed by atoms with Gasteiger partial charge in [-0.05, 0) is 65.1 Å². The molecule has 3 heterocycles. The van der Waals surface area contributed by atoms with E-state index >= 15 is 0 Å². The lowest BCUT2D eigenvalue weighted by Crippen LogP contribution is -2.42. The maximum Gasteiger partial charge on any atom is 0.253 e. The molecule has 4 aromatic rings. The number of tetrazole rings is 1. The van der Waals surface area contributed by atoms with Crippen LogP contribution in [0.15, 0.2) is 47.3 Å². The van der Waals surface area contributed by atoms with Crippen molar-refractivity contribution in [3.8, 4) is 0 Å². The summed E-state index contributed by atoms with van der Waals surface area (Å²) in [5.41, 5.74) is 4.27. The lowest BCUT2D eigenvalue weighted by molar-refractivity contribution is 0.0214. The molecule has 2 aromatic heterocycles. The number of benzene rings is 2. The summed E-state index contributed by atoms with van der Waals surface area (Å²) in [5, 5.41) is 13.4. The van der Waals surface area contributed by atoms with Gasteiger partial charge in [0.1, 0.15) is 11.9 Å². The molecule has 0 saturated carbocycles. The molecule has 2 aromatic carbocycles. The molecule has 33 heavy (non-hydrogen) atoms. The van der Waals surface area contributed by atoms with Crippen LogP contribution in [0.5, 0.6) is 0 Å². The number of aryl methyl sites for hydroxylation is 2. The Morgan fingerprint density at radius 1 is 1.12 bits per heavy atom. The Bertz CT molecular complexity index is 1340. The predicted octanol–water partition coefficient (Wildman–Crippen LogP) is 2.74. The highest BCUT2D eigenvalue weighted by Crippen LogP contribution is 2.28. The van der Waals surface area contributed by atoms with E-state index in [1.54, 1.807) is 16.8 Å². The third kappa shape index (κ3) is 4.29. The Morgan fingerprint density at radius 3 is 2.64 bits per heavy atom. The van der Waals surface area contributed by atoms with Crippen molar-refractivity contribution in [2.24, 2.45) is 0 Å². The Balaban J connectivity index is 1.63. The van der Waals surface area contributed by atoms with E-state index in [-0.39, 0.29) is 11.4 Å². The van der Waals surface area contributed by atoms with Crippen LogP contribution in [0.4, 0.5) is 4.39 Å². The van der Waals surface area contributed by atoms with Crippen LogP contribution in [-0.2, 0) is 11.3 Å². The molecule has 0 radical (unpaired) electrons. The van der Waals surface area contributed by atoms with E-state index in [0.717, 1.165) is 27.6 Å². The van der Waals surface area contributed by atoms with Gasteiger partial charge >= 0.3 is 0 Å². The minimum Gasteiger partial charge on any atom is -0.379 e. The average molecular weight is 449 g/mol. The first kappa shape index (κ1) is 21.4. The van der Waals surface area contributed by atoms with Crippen molar-refractivity contribution in [1.29, 1.82) is 0 Å². The Hall–Kier alpha value is -3.43. The summed E-state index contributed by atoms with van der Waals surface area (Å²) in [6.07, 6.45) is 0. The number of aromatic amines is 1. The summed E-state index contributed by atoms with van der Waals surface area (Å²) >= 11 is 0. The number of aromatic nitrogens is 5. The van der Waals surface area contributed by atoms with Gasteiger partial charge in [0, 0.05) is 18.7 Å². The van der Waals surface area contributed by atoms with Gasteiger partial charge in [-0.2, -0.15) is 0 Å². The van der Waals surface area contributed by atoms with Gasteiger partial charge in [-0.3, -0.25) is 9.69 Å². The van der Waals surface area contributed by atoms with Crippen LogP contribution in [0.1, 0.15) is 34.1 Å². The van der Waals surface area contributed by atoms with Crippen molar-refractivity contribution in [2.45, 2.75) is 26.4 Å². The van der Waals surface area contributed by atoms with Crippen LogP contribution >= 0.6 is 0 Å². The second kappa shape index (κ2) is 8.84. The summed E-state index contributed by atoms with van der Waals surface area (Å²) in [6.45, 7) is 6.84. The SMILES string of the molecule is Cc1cc(C)c2[nH]c(=O)c([C@H](c3nnnn3Cc3ccc(F)cc3)N3CCOCC3)cc2c1. The molecule has 0 aliphatic carbocycles. The summed E-state index contributed by atoms with van der Waals surface area (Å²) in [6, 6.07) is 11.9. The standard InChI is InChI=1S/C24H25FN6O2/c1-15-11-16(2)21-18(12-15)13-20(24(32)26-21)22(30-7-9-33-10-8-30)23-27-28-29-31(23)14-17-3-5-19(25)6-4-17/h3-6,11-13,22H,7-10,14H2,1-2H3,(H,26,32)/t22-/m1/s1. The molecule has 9 heteroatoms. The maximum absolute atomic E-state index is 13.4. The molecule has 0 spiro atoms. The lowest BCUT2D eigenvalue weighted by atomic mass is 10.0. The van der Waals surface area contributed by atoms with Crippen molar-refractivity contribution < 1.29 is 9.13 Å². The van der Waals surface area contributed by atoms with E-state index in [4.69, 9.17) is 4.74 Å². The molecule has 1 atom stereocenters. The quantitative estimate of drug-likeness (QED) is 0.505. The minimum atomic E-state index is -0.446. The van der Waals surface area contributed by atoms with Crippen LogP contribution in [-0.4, -0.2) is 56.4 Å². The van der Waals surface area contributed by atoms with Gasteiger partial charge in [-0.1, -0.05) is 23.8 Å². The van der Waals surface area contributed by atoms with Crippen molar-refractivity contribution in [2.75, 3.05) is 26.3 Å². The number of fused-ring (bicyclic) bond motifs is 1. The maximum atomic E-state index is 13.4. The van der Waals surface area contributed by atoms with E-state index in [0.29, 0.717) is 44.2 Å². The Morgan fingerprint density at radius 2 is 1.88 bits per heavy atom. The molecule has 0 bridgehead atoms. The van der Waals surface area contributed by atoms with Crippen molar-refractivity contribution in [3.05, 3.63) is 86.7 Å². The fraction of sp³-hybridized carbons (Fsp3) is 0.333. The fourth-order valence-electron chi connectivity index (χ4n) is 4.52. The van der Waals surface area contributed by atoms with Gasteiger partial charge in [-0.25, -0.2) is 9.07 Å². The molecule has 8 nitrogen and oxygen atoms in total. The number of nitrogens with one attached hydrogen (secondary N) is 1. The molecule has 1 N–H and O–H groups in total. The first-order chi connectivity index (χ1) is 16.0. The fourth-order valence-corrected chi connectivity index (χ4v) is 4.52. The number of rotatable bonds is 5. The Labute approximate surface area is 190 Å². The summed E-state index contributed by atoms with van der Waals surface area (Å²) in [5.74, 6) is 0.269. The molecule has 5 rings (SSSR count). The second-order valence-electron chi connectivity index (χ2n) is 8.47. The topological polar surface area (TPSA) is 88.9 Å². The number of nitrogens with zero attached hydrogens (tertiary/aromatic N) is 5. The number of halogens is 1. The van der Waals surface area contributed by atoms with Crippen LogP contribution in [0, 0.1) is 19.7 Å². The van der Waals surface area contributed by atoms with Gasteiger partial charge < -0.3 is 9.72 Å². The molecular weight excluding hydrogens is 423 g/mol. The van der Waals surface area contributed by atoms with E-state index < -0.39 is 6.04 Å². The highest BCUT2D eigenvalue weighted by Gasteiger charge is 2.31. The van der Waals surface area contributed by atoms with Crippen molar-refractivity contribution in [1.82, 2.24) is 30.1 Å². The van der Waals surface area contributed by atoms with Gasteiger partial charge in [0.25, 0.3) is 5.56 Å². The first-order valence-corrected chi connectivity index (χ1v) is 11.0. The van der Waals surface area contributed by atoms with Crippen LogP contribution in [0.25, 0.3) is 10.9 Å². The number of morpholine rings is 1. The van der Waals surface area contributed by atoms with Gasteiger partial charge in [-0.15, -0.1) is 5.10 Å². The van der Waals surface area contributed by atoms with Gasteiger partial charge in [0.2, 0.25) is 0 Å². The van der Waals surface area contributed by atoms with Crippen LogP contribution in [0.2, 0.25) is 0 Å². The molecule has 1 aliphatic rings. The van der Waals surface area contributed by atoms with Crippen LogP contribution in [0.3, 0.4) is 0 Å². The zero-order valence-electron chi connectivity index (χ0n) is 18.6. The average Bonchev–Trinajstić information content (AvgIpc) is 3.25. The molecule has 1 aliphatic heterocycles. The lowest BCUT2D eigenvalue weighted by Gasteiger charge is -2.33. The van der Waals surface area contributed by atoms with E-state index in [1.807, 2.05) is 19.9 Å². The molecule has 1 saturated heterocycles. The van der Waals surface area contributed by atoms with Crippen LogP contribution < -0.4 is 5.56 Å². The monoisotopic (exact) mass is 448 g/mol. The summed E-state index contributed by atoms with van der Waals surface area (Å²) in [7, 11) is 0. The normalized spacial score (nSPS) is 15.7. The van der Waals surface area contributed by atoms with E-state index in [2.05, 4.69) is 37.5 Å². The van der Waals surface area contributed by atoms with E-state index in [9.17, 15) is 9.18 Å².